The first-order valence-electron chi connectivity index (χ1n) is 7.16. The Bertz CT molecular complexity index is 468. The van der Waals surface area contributed by atoms with Crippen molar-refractivity contribution >= 4 is 5.97 Å². The zero-order valence-corrected chi connectivity index (χ0v) is 12.0. The van der Waals surface area contributed by atoms with Crippen molar-refractivity contribution in [1.82, 2.24) is 0 Å². The third-order valence-electron chi connectivity index (χ3n) is 4.45. The Morgan fingerprint density at radius 2 is 1.70 bits per heavy atom. The lowest BCUT2D eigenvalue weighted by Gasteiger charge is -2.32. The molecule has 132 valence electrons. The van der Waals surface area contributed by atoms with Crippen LogP contribution in [-0.2, 0) is 9.53 Å². The quantitative estimate of drug-likeness (QED) is 0.359. The highest BCUT2D eigenvalue weighted by Gasteiger charge is 2.69. The van der Waals surface area contributed by atoms with Crippen molar-refractivity contribution in [1.29, 1.82) is 0 Å². The fraction of sp³-hybridized carbons (Fsp3) is 0.786. The Morgan fingerprint density at radius 1 is 1.09 bits per heavy atom. The highest BCUT2D eigenvalue weighted by atomic mass is 19.4. The van der Waals surface area contributed by atoms with Crippen LogP contribution in [0.15, 0.2) is 12.2 Å². The molecule has 1 saturated carbocycles. The molecule has 0 aromatic rings. The number of alkyl halides is 6. The monoisotopic (exact) mass is 346 g/mol. The van der Waals surface area contributed by atoms with E-state index in [-0.39, 0.29) is 17.8 Å². The summed E-state index contributed by atoms with van der Waals surface area (Å²) in [6.45, 7) is -0.592. The van der Waals surface area contributed by atoms with E-state index in [0.717, 1.165) is 6.42 Å². The molecule has 3 nitrogen and oxygen atoms in total. The van der Waals surface area contributed by atoms with Gasteiger partial charge in [0.05, 0.1) is 12.5 Å². The summed E-state index contributed by atoms with van der Waals surface area (Å²) in [5, 5.41) is 8.95. The van der Waals surface area contributed by atoms with Gasteiger partial charge in [0.2, 0.25) is 0 Å². The predicted octanol–water partition coefficient (Wildman–Crippen LogP) is 3.38. The first-order valence-corrected chi connectivity index (χ1v) is 7.16. The molecule has 0 radical (unpaired) electrons. The third kappa shape index (κ3) is 3.49. The molecule has 23 heavy (non-hydrogen) atoms. The second-order valence-electron chi connectivity index (χ2n) is 6.01. The number of esters is 1. The van der Waals surface area contributed by atoms with E-state index in [0.29, 0.717) is 6.42 Å². The Hall–Kier alpha value is -1.25. The van der Waals surface area contributed by atoms with Crippen LogP contribution in [0.2, 0.25) is 0 Å². The zero-order valence-electron chi connectivity index (χ0n) is 12.0. The first-order chi connectivity index (χ1) is 10.5. The highest BCUT2D eigenvalue weighted by molar-refractivity contribution is 5.74. The first kappa shape index (κ1) is 18.1. The number of hydrogen-bond acceptors (Lipinski definition) is 3. The summed E-state index contributed by atoms with van der Waals surface area (Å²) in [4.78, 5) is 11.8. The van der Waals surface area contributed by atoms with Gasteiger partial charge in [0, 0.05) is 0 Å². The Kier molecular flexibility index (Phi) is 4.71. The van der Waals surface area contributed by atoms with E-state index in [1.54, 1.807) is 0 Å². The number of ether oxygens (including phenoxy) is 1. The number of halogens is 6. The molecule has 2 rings (SSSR count). The van der Waals surface area contributed by atoms with Crippen LogP contribution < -0.4 is 0 Å². The number of aliphatic hydroxyl groups is 1. The fourth-order valence-electron chi connectivity index (χ4n) is 3.10. The van der Waals surface area contributed by atoms with Crippen molar-refractivity contribution in [2.75, 3.05) is 6.61 Å². The van der Waals surface area contributed by atoms with Gasteiger partial charge >= 0.3 is 18.3 Å². The summed E-state index contributed by atoms with van der Waals surface area (Å²) in [5.74, 6) is -0.661. The average molecular weight is 346 g/mol. The molecule has 0 aromatic carbocycles. The van der Waals surface area contributed by atoms with Crippen molar-refractivity contribution in [2.24, 2.45) is 17.8 Å². The van der Waals surface area contributed by atoms with Gasteiger partial charge in [-0.3, -0.25) is 4.79 Å². The second kappa shape index (κ2) is 5.99. The van der Waals surface area contributed by atoms with E-state index >= 15 is 0 Å². The molecule has 2 aliphatic carbocycles. The largest absolute Gasteiger partial charge is 0.465 e. The van der Waals surface area contributed by atoms with E-state index in [1.807, 2.05) is 12.2 Å². The smallest absolute Gasteiger partial charge is 0.426 e. The molecule has 2 aliphatic rings. The number of carbonyl (C=O) groups is 1. The lowest BCUT2D eigenvalue weighted by atomic mass is 9.94. The van der Waals surface area contributed by atoms with Crippen molar-refractivity contribution in [3.05, 3.63) is 12.2 Å². The van der Waals surface area contributed by atoms with Gasteiger partial charge in [-0.25, -0.2) is 0 Å². The van der Waals surface area contributed by atoms with E-state index in [2.05, 4.69) is 0 Å². The van der Waals surface area contributed by atoms with Crippen LogP contribution in [0.25, 0.3) is 0 Å². The normalized spacial score (nSPS) is 27.5. The molecule has 2 bridgehead atoms. The van der Waals surface area contributed by atoms with Gasteiger partial charge in [-0.05, 0) is 37.5 Å². The van der Waals surface area contributed by atoms with Crippen molar-refractivity contribution in [2.45, 2.75) is 43.6 Å². The molecule has 0 heterocycles. The van der Waals surface area contributed by atoms with Gasteiger partial charge in [-0.15, -0.1) is 0 Å². The number of allylic oxidation sites excluding steroid dienone is 2. The minimum Gasteiger partial charge on any atom is -0.465 e. The van der Waals surface area contributed by atoms with Gasteiger partial charge in [0.1, 0.15) is 0 Å². The van der Waals surface area contributed by atoms with Gasteiger partial charge in [-0.2, -0.15) is 26.3 Å². The van der Waals surface area contributed by atoms with Gasteiger partial charge in [0.25, 0.3) is 5.60 Å². The highest BCUT2D eigenvalue weighted by Crippen LogP contribution is 2.46. The number of carbonyl (C=O) groups excluding carboxylic acids is 1. The summed E-state index contributed by atoms with van der Waals surface area (Å²) >= 11 is 0. The predicted molar refractivity (Wildman–Crippen MR) is 66.1 cm³/mol. The summed E-state index contributed by atoms with van der Waals surface area (Å²) in [6, 6.07) is 0. The van der Waals surface area contributed by atoms with Crippen LogP contribution in [0.1, 0.15) is 25.7 Å². The molecule has 0 spiro atoms. The SMILES string of the molecule is O=C(OCCCC(O)(C(F)(F)F)C(F)(F)F)C1CC2C=CC1C2. The van der Waals surface area contributed by atoms with Crippen LogP contribution in [0.4, 0.5) is 26.3 Å². The molecular formula is C14H16F6O3. The van der Waals surface area contributed by atoms with Crippen molar-refractivity contribution < 1.29 is 41.0 Å². The van der Waals surface area contributed by atoms with Gasteiger partial charge in [0.15, 0.2) is 0 Å². The molecule has 1 N–H and O–H groups in total. The Labute approximate surface area is 128 Å². The maximum atomic E-state index is 12.4. The molecule has 1 fully saturated rings. The standard InChI is InChI=1S/C14H16F6O3/c15-13(16,17)12(22,14(18,19)20)4-1-5-23-11(21)10-7-8-2-3-9(10)6-8/h2-3,8-10,22H,1,4-7H2. The molecule has 0 aliphatic heterocycles. The van der Waals surface area contributed by atoms with Crippen LogP contribution in [0, 0.1) is 17.8 Å². The van der Waals surface area contributed by atoms with Gasteiger partial charge < -0.3 is 9.84 Å². The minimum atomic E-state index is -5.84. The van der Waals surface area contributed by atoms with E-state index < -0.39 is 43.4 Å². The molecule has 3 atom stereocenters. The zero-order chi connectivity index (χ0) is 17.5. The summed E-state index contributed by atoms with van der Waals surface area (Å²) in [7, 11) is 0. The van der Waals surface area contributed by atoms with E-state index in [9.17, 15) is 31.1 Å². The second-order valence-corrected chi connectivity index (χ2v) is 6.01. The maximum absolute atomic E-state index is 12.4. The molecule has 0 saturated heterocycles. The van der Waals surface area contributed by atoms with Crippen LogP contribution in [-0.4, -0.2) is 35.6 Å². The third-order valence-corrected chi connectivity index (χ3v) is 4.45. The van der Waals surface area contributed by atoms with E-state index in [4.69, 9.17) is 9.84 Å². The van der Waals surface area contributed by atoms with Gasteiger partial charge in [-0.1, -0.05) is 12.2 Å². The summed E-state index contributed by atoms with van der Waals surface area (Å²) in [6.07, 6.45) is -8.75. The number of hydrogen-bond donors (Lipinski definition) is 1. The Balaban J connectivity index is 1.82. The molecule has 9 heteroatoms. The Morgan fingerprint density at radius 3 is 2.13 bits per heavy atom. The van der Waals surface area contributed by atoms with Crippen LogP contribution >= 0.6 is 0 Å². The lowest BCUT2D eigenvalue weighted by molar-refractivity contribution is -0.370. The van der Waals surface area contributed by atoms with E-state index in [1.165, 1.54) is 0 Å². The summed E-state index contributed by atoms with van der Waals surface area (Å²) < 4.78 is 79.5. The maximum Gasteiger partial charge on any atom is 0.426 e. The average Bonchev–Trinajstić information content (AvgIpc) is 3.02. The lowest BCUT2D eigenvalue weighted by Crippen LogP contribution is -2.56. The summed E-state index contributed by atoms with van der Waals surface area (Å²) in [5.41, 5.74) is -4.79. The minimum absolute atomic E-state index is 0.0368. The van der Waals surface area contributed by atoms with Crippen molar-refractivity contribution in [3.63, 3.8) is 0 Å². The molecule has 3 unspecified atom stereocenters. The number of rotatable bonds is 5. The molecular weight excluding hydrogens is 330 g/mol. The topological polar surface area (TPSA) is 46.5 Å². The van der Waals surface area contributed by atoms with Crippen molar-refractivity contribution in [3.8, 4) is 0 Å². The molecule has 0 amide bonds. The molecule has 0 aromatic heterocycles. The van der Waals surface area contributed by atoms with Crippen LogP contribution in [0.5, 0.6) is 0 Å². The number of fused-ring (bicyclic) bond motifs is 2. The fourth-order valence-corrected chi connectivity index (χ4v) is 3.10. The van der Waals surface area contributed by atoms with Crippen LogP contribution in [0.3, 0.4) is 0 Å².